The topological polar surface area (TPSA) is 24.5 Å². The highest BCUT2D eigenvalue weighted by Gasteiger charge is 2.20. The fourth-order valence-corrected chi connectivity index (χ4v) is 2.41. The van der Waals surface area contributed by atoms with Crippen LogP contribution in [0.15, 0.2) is 18.2 Å². The second kappa shape index (κ2) is 5.98. The predicted molar refractivity (Wildman–Crippen MR) is 77.8 cm³/mol. The summed E-state index contributed by atoms with van der Waals surface area (Å²) in [6, 6.07) is 6.33. The second-order valence-electron chi connectivity index (χ2n) is 5.02. The van der Waals surface area contributed by atoms with Crippen LogP contribution in [0.2, 0.25) is 0 Å². The number of hydrogen-bond acceptors (Lipinski definition) is 3. The molecule has 3 nitrogen and oxygen atoms in total. The van der Waals surface area contributed by atoms with Gasteiger partial charge >= 0.3 is 0 Å². The minimum absolute atomic E-state index is 0.649. The summed E-state index contributed by atoms with van der Waals surface area (Å²) in [4.78, 5) is 2.43. The molecule has 0 fully saturated rings. The Morgan fingerprint density at radius 1 is 1.39 bits per heavy atom. The van der Waals surface area contributed by atoms with Crippen molar-refractivity contribution in [3.05, 3.63) is 18.2 Å². The molecule has 18 heavy (non-hydrogen) atoms. The molecule has 0 amide bonds. The Morgan fingerprint density at radius 3 is 2.94 bits per heavy atom. The van der Waals surface area contributed by atoms with Crippen LogP contribution in [0.25, 0.3) is 0 Å². The van der Waals surface area contributed by atoms with Crippen LogP contribution in [0.5, 0.6) is 5.75 Å². The zero-order valence-electron chi connectivity index (χ0n) is 11.7. The van der Waals surface area contributed by atoms with Crippen molar-refractivity contribution in [2.75, 3.05) is 36.5 Å². The van der Waals surface area contributed by atoms with Gasteiger partial charge in [0.2, 0.25) is 0 Å². The summed E-state index contributed by atoms with van der Waals surface area (Å²) in [5.74, 6) is 1.64. The monoisotopic (exact) mass is 248 g/mol. The van der Waals surface area contributed by atoms with Crippen LogP contribution in [0.1, 0.15) is 27.2 Å². The number of rotatable bonds is 4. The van der Waals surface area contributed by atoms with Gasteiger partial charge in [-0.05, 0) is 31.4 Å². The Hall–Kier alpha value is -1.38. The molecule has 1 atom stereocenters. The lowest BCUT2D eigenvalue weighted by Crippen LogP contribution is -2.28. The van der Waals surface area contributed by atoms with Gasteiger partial charge in [0.15, 0.2) is 0 Å². The Kier molecular flexibility index (Phi) is 4.34. The first-order valence-corrected chi connectivity index (χ1v) is 7.00. The molecule has 0 saturated carbocycles. The molecule has 1 heterocycles. The number of benzene rings is 1. The SMILES string of the molecule is CCCOc1cccc2c1NCC(C)CN2CC. The molecule has 1 aromatic carbocycles. The largest absolute Gasteiger partial charge is 0.491 e. The molecule has 0 aromatic heterocycles. The number of nitrogens with one attached hydrogen (secondary N) is 1. The van der Waals surface area contributed by atoms with Gasteiger partial charge in [-0.2, -0.15) is 0 Å². The zero-order chi connectivity index (χ0) is 13.0. The summed E-state index contributed by atoms with van der Waals surface area (Å²) in [7, 11) is 0. The normalized spacial score (nSPS) is 18.8. The number of hydrogen-bond donors (Lipinski definition) is 1. The van der Waals surface area contributed by atoms with Gasteiger partial charge in [0.05, 0.1) is 12.3 Å². The first kappa shape index (κ1) is 13.1. The molecule has 0 radical (unpaired) electrons. The molecule has 100 valence electrons. The maximum absolute atomic E-state index is 5.85. The van der Waals surface area contributed by atoms with Crippen LogP contribution < -0.4 is 15.0 Å². The zero-order valence-corrected chi connectivity index (χ0v) is 11.7. The van der Waals surface area contributed by atoms with Crippen molar-refractivity contribution in [2.24, 2.45) is 5.92 Å². The van der Waals surface area contributed by atoms with Crippen LogP contribution in [0, 0.1) is 5.92 Å². The average Bonchev–Trinajstić information content (AvgIpc) is 2.56. The van der Waals surface area contributed by atoms with Gasteiger partial charge in [0, 0.05) is 19.6 Å². The minimum Gasteiger partial charge on any atom is -0.491 e. The van der Waals surface area contributed by atoms with Crippen LogP contribution in [0.3, 0.4) is 0 Å². The fraction of sp³-hybridized carbons (Fsp3) is 0.600. The van der Waals surface area contributed by atoms with E-state index >= 15 is 0 Å². The van der Waals surface area contributed by atoms with Gasteiger partial charge in [0.25, 0.3) is 0 Å². The number of nitrogens with zero attached hydrogens (tertiary/aromatic N) is 1. The van der Waals surface area contributed by atoms with E-state index in [1.54, 1.807) is 0 Å². The molecule has 0 bridgehead atoms. The van der Waals surface area contributed by atoms with Crippen LogP contribution in [-0.4, -0.2) is 26.2 Å². The first-order chi connectivity index (χ1) is 8.76. The summed E-state index contributed by atoms with van der Waals surface area (Å²) in [6.07, 6.45) is 1.04. The van der Waals surface area contributed by atoms with Gasteiger partial charge < -0.3 is 15.0 Å². The molecule has 2 rings (SSSR count). The van der Waals surface area contributed by atoms with E-state index in [1.165, 1.54) is 5.69 Å². The first-order valence-electron chi connectivity index (χ1n) is 7.00. The highest BCUT2D eigenvalue weighted by atomic mass is 16.5. The number of ether oxygens (including phenoxy) is 1. The van der Waals surface area contributed by atoms with E-state index in [0.29, 0.717) is 5.92 Å². The van der Waals surface area contributed by atoms with Crippen molar-refractivity contribution in [1.29, 1.82) is 0 Å². The van der Waals surface area contributed by atoms with Crippen molar-refractivity contribution in [2.45, 2.75) is 27.2 Å². The molecule has 1 aliphatic rings. The molecule has 1 aromatic rings. The van der Waals surface area contributed by atoms with Crippen molar-refractivity contribution < 1.29 is 4.74 Å². The van der Waals surface area contributed by atoms with E-state index in [9.17, 15) is 0 Å². The molecule has 0 aliphatic carbocycles. The summed E-state index contributed by atoms with van der Waals surface area (Å²) >= 11 is 0. The van der Waals surface area contributed by atoms with E-state index < -0.39 is 0 Å². The third-order valence-corrected chi connectivity index (χ3v) is 3.35. The molecular weight excluding hydrogens is 224 g/mol. The van der Waals surface area contributed by atoms with Gasteiger partial charge in [-0.3, -0.25) is 0 Å². The van der Waals surface area contributed by atoms with Crippen LogP contribution in [0.4, 0.5) is 11.4 Å². The molecule has 0 spiro atoms. The molecule has 1 aliphatic heterocycles. The quantitative estimate of drug-likeness (QED) is 0.884. The lowest BCUT2D eigenvalue weighted by atomic mass is 10.2. The standard InChI is InChI=1S/C15H24N2O/c1-4-9-18-14-8-6-7-13-15(14)16-10-12(3)11-17(13)5-2/h6-8,12,16H,4-5,9-11H2,1-3H3. The number of fused-ring (bicyclic) bond motifs is 1. The van der Waals surface area contributed by atoms with E-state index in [0.717, 1.165) is 44.1 Å². The van der Waals surface area contributed by atoms with Crippen molar-refractivity contribution >= 4 is 11.4 Å². The lowest BCUT2D eigenvalue weighted by Gasteiger charge is -2.25. The van der Waals surface area contributed by atoms with Crippen molar-refractivity contribution in [3.63, 3.8) is 0 Å². The Bertz CT molecular complexity index is 392. The average molecular weight is 248 g/mol. The highest BCUT2D eigenvalue weighted by molar-refractivity contribution is 5.77. The van der Waals surface area contributed by atoms with Gasteiger partial charge in [-0.15, -0.1) is 0 Å². The Balaban J connectivity index is 2.32. The molecule has 1 unspecified atom stereocenters. The molecule has 3 heteroatoms. The fourth-order valence-electron chi connectivity index (χ4n) is 2.41. The maximum Gasteiger partial charge on any atom is 0.144 e. The van der Waals surface area contributed by atoms with Gasteiger partial charge in [-0.25, -0.2) is 0 Å². The lowest BCUT2D eigenvalue weighted by molar-refractivity contribution is 0.319. The smallest absolute Gasteiger partial charge is 0.144 e. The van der Waals surface area contributed by atoms with E-state index in [2.05, 4.69) is 49.2 Å². The third kappa shape index (κ3) is 2.71. The van der Waals surface area contributed by atoms with Crippen LogP contribution in [-0.2, 0) is 0 Å². The molecular formula is C15H24N2O. The number of anilines is 2. The van der Waals surface area contributed by atoms with E-state index in [1.807, 2.05) is 0 Å². The summed E-state index contributed by atoms with van der Waals surface area (Å²) < 4.78 is 5.85. The third-order valence-electron chi connectivity index (χ3n) is 3.35. The van der Waals surface area contributed by atoms with Crippen molar-refractivity contribution in [3.8, 4) is 5.75 Å². The van der Waals surface area contributed by atoms with Gasteiger partial charge in [0.1, 0.15) is 11.4 Å². The summed E-state index contributed by atoms with van der Waals surface area (Å²) in [6.45, 7) is 10.6. The predicted octanol–water partition coefficient (Wildman–Crippen LogP) is 3.36. The van der Waals surface area contributed by atoms with Crippen molar-refractivity contribution in [1.82, 2.24) is 0 Å². The maximum atomic E-state index is 5.85. The summed E-state index contributed by atoms with van der Waals surface area (Å²) in [5, 5.41) is 3.55. The minimum atomic E-state index is 0.649. The number of para-hydroxylation sites is 1. The van der Waals surface area contributed by atoms with E-state index in [-0.39, 0.29) is 0 Å². The Morgan fingerprint density at radius 2 is 2.22 bits per heavy atom. The highest BCUT2D eigenvalue weighted by Crippen LogP contribution is 2.37. The van der Waals surface area contributed by atoms with Crippen LogP contribution >= 0.6 is 0 Å². The molecule has 1 N–H and O–H groups in total. The summed E-state index contributed by atoms with van der Waals surface area (Å²) in [5.41, 5.74) is 2.44. The second-order valence-corrected chi connectivity index (χ2v) is 5.02. The Labute approximate surface area is 110 Å². The van der Waals surface area contributed by atoms with E-state index in [4.69, 9.17) is 4.74 Å². The molecule has 0 saturated heterocycles. The van der Waals surface area contributed by atoms with Gasteiger partial charge in [-0.1, -0.05) is 19.9 Å².